The van der Waals surface area contributed by atoms with Gasteiger partial charge in [0.2, 0.25) is 0 Å². The third-order valence-electron chi connectivity index (χ3n) is 2.49. The summed E-state index contributed by atoms with van der Waals surface area (Å²) in [6, 6.07) is 7.53. The minimum atomic E-state index is -0.884. The largest absolute Gasteiger partial charge is 0.480 e. The minimum Gasteiger partial charge on any atom is -0.480 e. The maximum absolute atomic E-state index is 10.8. The van der Waals surface area contributed by atoms with E-state index >= 15 is 0 Å². The van der Waals surface area contributed by atoms with Crippen LogP contribution in [0.5, 0.6) is 0 Å². The van der Waals surface area contributed by atoms with Gasteiger partial charge in [0.05, 0.1) is 11.3 Å². The molecule has 1 aromatic rings. The van der Waals surface area contributed by atoms with Crippen LogP contribution in [-0.4, -0.2) is 24.2 Å². The molecule has 0 saturated heterocycles. The van der Waals surface area contributed by atoms with E-state index in [0.717, 1.165) is 17.7 Å². The van der Waals surface area contributed by atoms with Crippen LogP contribution in [0.2, 0.25) is 0 Å². The number of rotatable bonds is 5. The molecule has 0 amide bonds. The van der Waals surface area contributed by atoms with Crippen LogP contribution in [0, 0.1) is 18.3 Å². The molecule has 17 heavy (non-hydrogen) atoms. The number of benzene rings is 1. The van der Waals surface area contributed by atoms with Gasteiger partial charge < -0.3 is 10.0 Å². The molecule has 90 valence electrons. The molecular weight excluding hydrogens is 216 g/mol. The summed E-state index contributed by atoms with van der Waals surface area (Å²) in [7, 11) is 0. The summed E-state index contributed by atoms with van der Waals surface area (Å²) in [5.74, 6) is -0.884. The third kappa shape index (κ3) is 3.22. The number of hydrogen-bond donors (Lipinski definition) is 1. The summed E-state index contributed by atoms with van der Waals surface area (Å²) < 4.78 is 0. The fraction of sp³-hybridized carbons (Fsp3) is 0.385. The molecule has 1 rings (SSSR count). The van der Waals surface area contributed by atoms with Crippen molar-refractivity contribution in [2.45, 2.75) is 20.3 Å². The molecule has 0 bridgehead atoms. The summed E-state index contributed by atoms with van der Waals surface area (Å²) in [4.78, 5) is 12.6. The lowest BCUT2D eigenvalue weighted by Crippen LogP contribution is -2.31. The number of hydrogen-bond acceptors (Lipinski definition) is 3. The van der Waals surface area contributed by atoms with E-state index in [4.69, 9.17) is 10.4 Å². The zero-order valence-electron chi connectivity index (χ0n) is 10.1. The topological polar surface area (TPSA) is 64.3 Å². The Balaban J connectivity index is 3.17. The number of aryl methyl sites for hydroxylation is 1. The van der Waals surface area contributed by atoms with Gasteiger partial charge in [0, 0.05) is 6.54 Å². The molecule has 0 aliphatic carbocycles. The van der Waals surface area contributed by atoms with Gasteiger partial charge >= 0.3 is 5.97 Å². The van der Waals surface area contributed by atoms with Gasteiger partial charge in [0.1, 0.15) is 12.6 Å². The van der Waals surface area contributed by atoms with E-state index in [1.54, 1.807) is 11.0 Å². The number of aliphatic carboxylic acids is 1. The highest BCUT2D eigenvalue weighted by Gasteiger charge is 2.15. The molecule has 4 heteroatoms. The summed E-state index contributed by atoms with van der Waals surface area (Å²) in [6.07, 6.45) is 0.840. The van der Waals surface area contributed by atoms with Crippen LogP contribution in [0.1, 0.15) is 24.5 Å². The van der Waals surface area contributed by atoms with Crippen molar-refractivity contribution in [2.24, 2.45) is 0 Å². The number of nitriles is 1. The van der Waals surface area contributed by atoms with E-state index in [1.807, 2.05) is 26.0 Å². The second-order valence-electron chi connectivity index (χ2n) is 3.90. The van der Waals surface area contributed by atoms with E-state index in [-0.39, 0.29) is 6.54 Å². The molecule has 4 nitrogen and oxygen atoms in total. The van der Waals surface area contributed by atoms with E-state index in [2.05, 4.69) is 6.07 Å². The summed E-state index contributed by atoms with van der Waals surface area (Å²) >= 11 is 0. The van der Waals surface area contributed by atoms with Gasteiger partial charge in [-0.1, -0.05) is 19.1 Å². The SMILES string of the molecule is CCCN(CC(=O)O)c1c(C)cccc1C#N. The second kappa shape index (κ2) is 5.90. The van der Waals surface area contributed by atoms with Crippen LogP contribution in [0.4, 0.5) is 5.69 Å². The van der Waals surface area contributed by atoms with Gasteiger partial charge in [-0.25, -0.2) is 0 Å². The molecule has 0 heterocycles. The fourth-order valence-corrected chi connectivity index (χ4v) is 1.87. The molecule has 0 unspecified atom stereocenters. The van der Waals surface area contributed by atoms with Crippen molar-refractivity contribution >= 4 is 11.7 Å². The summed E-state index contributed by atoms with van der Waals surface area (Å²) in [6.45, 7) is 4.43. The van der Waals surface area contributed by atoms with Crippen LogP contribution in [0.25, 0.3) is 0 Å². The predicted octanol–water partition coefficient (Wildman–Crippen LogP) is 2.17. The maximum Gasteiger partial charge on any atom is 0.323 e. The highest BCUT2D eigenvalue weighted by Crippen LogP contribution is 2.24. The van der Waals surface area contributed by atoms with Crippen LogP contribution < -0.4 is 4.90 Å². The highest BCUT2D eigenvalue weighted by atomic mass is 16.4. The van der Waals surface area contributed by atoms with Crippen LogP contribution in [0.15, 0.2) is 18.2 Å². The first kappa shape index (κ1) is 13.0. The molecule has 0 saturated carbocycles. The molecule has 0 aliphatic heterocycles. The Bertz CT molecular complexity index is 449. The zero-order chi connectivity index (χ0) is 12.8. The second-order valence-corrected chi connectivity index (χ2v) is 3.90. The van der Waals surface area contributed by atoms with Crippen molar-refractivity contribution in [3.05, 3.63) is 29.3 Å². The first-order valence-corrected chi connectivity index (χ1v) is 5.56. The number of anilines is 1. The smallest absolute Gasteiger partial charge is 0.323 e. The molecule has 1 aromatic carbocycles. The summed E-state index contributed by atoms with van der Waals surface area (Å²) in [5.41, 5.74) is 2.19. The quantitative estimate of drug-likeness (QED) is 0.845. The number of carboxylic acid groups (broad SMARTS) is 1. The Kier molecular flexibility index (Phi) is 4.53. The van der Waals surface area contributed by atoms with Gasteiger partial charge in [-0.2, -0.15) is 5.26 Å². The standard InChI is InChI=1S/C13H16N2O2/c1-3-7-15(9-12(16)17)13-10(2)5-4-6-11(13)8-14/h4-6H,3,7,9H2,1-2H3,(H,16,17). The van der Waals surface area contributed by atoms with Crippen LogP contribution >= 0.6 is 0 Å². The minimum absolute atomic E-state index is 0.0760. The van der Waals surface area contributed by atoms with E-state index in [9.17, 15) is 4.79 Å². The Morgan fingerprint density at radius 3 is 2.76 bits per heavy atom. The van der Waals surface area contributed by atoms with Gasteiger partial charge in [-0.3, -0.25) is 4.79 Å². The number of para-hydroxylation sites is 1. The first-order chi connectivity index (χ1) is 8.10. The third-order valence-corrected chi connectivity index (χ3v) is 2.49. The van der Waals surface area contributed by atoms with Crippen LogP contribution in [-0.2, 0) is 4.79 Å². The number of carbonyl (C=O) groups is 1. The van der Waals surface area contributed by atoms with Crippen LogP contribution in [0.3, 0.4) is 0 Å². The van der Waals surface area contributed by atoms with Gasteiger partial charge in [-0.15, -0.1) is 0 Å². The fourth-order valence-electron chi connectivity index (χ4n) is 1.87. The van der Waals surface area contributed by atoms with Crippen molar-refractivity contribution in [2.75, 3.05) is 18.0 Å². The predicted molar refractivity (Wildman–Crippen MR) is 66.0 cm³/mol. The average molecular weight is 232 g/mol. The lowest BCUT2D eigenvalue weighted by molar-refractivity contribution is -0.135. The first-order valence-electron chi connectivity index (χ1n) is 5.56. The molecule has 0 aromatic heterocycles. The zero-order valence-corrected chi connectivity index (χ0v) is 10.1. The van der Waals surface area contributed by atoms with Gasteiger partial charge in [-0.05, 0) is 25.0 Å². The monoisotopic (exact) mass is 232 g/mol. The molecule has 0 fully saturated rings. The lowest BCUT2D eigenvalue weighted by atomic mass is 10.1. The van der Waals surface area contributed by atoms with E-state index < -0.39 is 5.97 Å². The Hall–Kier alpha value is -2.02. The Morgan fingerprint density at radius 1 is 1.53 bits per heavy atom. The van der Waals surface area contributed by atoms with Gasteiger partial charge in [0.15, 0.2) is 0 Å². The maximum atomic E-state index is 10.8. The van der Waals surface area contributed by atoms with Crippen molar-refractivity contribution in [1.82, 2.24) is 0 Å². The van der Waals surface area contributed by atoms with Crippen molar-refractivity contribution in [3.8, 4) is 6.07 Å². The number of nitrogens with zero attached hydrogens (tertiary/aromatic N) is 2. The lowest BCUT2D eigenvalue weighted by Gasteiger charge is -2.25. The van der Waals surface area contributed by atoms with Crippen molar-refractivity contribution < 1.29 is 9.90 Å². The summed E-state index contributed by atoms with van der Waals surface area (Å²) in [5, 5.41) is 18.0. The molecule has 1 N–H and O–H groups in total. The van der Waals surface area contributed by atoms with Crippen molar-refractivity contribution in [1.29, 1.82) is 5.26 Å². The molecule has 0 radical (unpaired) electrons. The Labute approximate surface area is 101 Å². The van der Waals surface area contributed by atoms with E-state index in [1.165, 1.54) is 0 Å². The molecule has 0 atom stereocenters. The average Bonchev–Trinajstić information content (AvgIpc) is 2.27. The molecule has 0 aliphatic rings. The number of carboxylic acids is 1. The normalized spacial score (nSPS) is 9.71. The van der Waals surface area contributed by atoms with Gasteiger partial charge in [0.25, 0.3) is 0 Å². The van der Waals surface area contributed by atoms with E-state index in [0.29, 0.717) is 12.1 Å². The highest BCUT2D eigenvalue weighted by molar-refractivity contribution is 5.76. The molecular formula is C13H16N2O2. The Morgan fingerprint density at radius 2 is 2.24 bits per heavy atom. The molecule has 0 spiro atoms. The van der Waals surface area contributed by atoms with Crippen molar-refractivity contribution in [3.63, 3.8) is 0 Å².